The quantitative estimate of drug-likeness (QED) is 0.462. The second-order valence-corrected chi connectivity index (χ2v) is 8.28. The van der Waals surface area contributed by atoms with Gasteiger partial charge in [0.2, 0.25) is 11.8 Å². The number of nitrogens with zero attached hydrogens (tertiary/aromatic N) is 2. The molecule has 1 aliphatic heterocycles. The van der Waals surface area contributed by atoms with Gasteiger partial charge in [0.15, 0.2) is 5.96 Å². The molecule has 1 saturated heterocycles. The van der Waals surface area contributed by atoms with E-state index in [0.717, 1.165) is 44.2 Å². The molecule has 1 heterocycles. The van der Waals surface area contributed by atoms with E-state index < -0.39 is 11.8 Å². The molecule has 2 aliphatic rings. The summed E-state index contributed by atoms with van der Waals surface area (Å²) in [5.74, 6) is -0.110. The monoisotopic (exact) mass is 417 g/mol. The van der Waals surface area contributed by atoms with Gasteiger partial charge in [-0.2, -0.15) is 0 Å². The van der Waals surface area contributed by atoms with Crippen molar-refractivity contribution in [2.45, 2.75) is 44.6 Å². The number of aliphatic imine (C=N–C) groups is 1. The summed E-state index contributed by atoms with van der Waals surface area (Å²) in [6, 6.07) is 6.20. The summed E-state index contributed by atoms with van der Waals surface area (Å²) >= 11 is 0. The summed E-state index contributed by atoms with van der Waals surface area (Å²) < 4.78 is 13.1. The van der Waals surface area contributed by atoms with Crippen LogP contribution in [0.2, 0.25) is 0 Å². The number of likely N-dealkylation sites (tertiary alicyclic amines) is 1. The van der Waals surface area contributed by atoms with E-state index >= 15 is 0 Å². The molecule has 3 rings (SSSR count). The van der Waals surface area contributed by atoms with Gasteiger partial charge in [-0.05, 0) is 43.4 Å². The van der Waals surface area contributed by atoms with Crippen LogP contribution in [-0.4, -0.2) is 55.4 Å². The van der Waals surface area contributed by atoms with Crippen LogP contribution in [0, 0.1) is 17.7 Å². The number of guanidine groups is 1. The molecule has 164 valence electrons. The van der Waals surface area contributed by atoms with Crippen molar-refractivity contribution in [3.63, 3.8) is 0 Å². The molecule has 4 N–H and O–H groups in total. The third-order valence-electron chi connectivity index (χ3n) is 6.08. The van der Waals surface area contributed by atoms with Gasteiger partial charge in [-0.1, -0.05) is 25.0 Å². The van der Waals surface area contributed by atoms with Gasteiger partial charge in [-0.3, -0.25) is 14.6 Å². The van der Waals surface area contributed by atoms with E-state index in [2.05, 4.69) is 15.6 Å². The minimum Gasteiger partial charge on any atom is -0.369 e. The van der Waals surface area contributed by atoms with Crippen LogP contribution in [-0.2, 0) is 16.0 Å². The highest BCUT2D eigenvalue weighted by molar-refractivity contribution is 5.82. The van der Waals surface area contributed by atoms with Crippen LogP contribution in [0.5, 0.6) is 0 Å². The van der Waals surface area contributed by atoms with Gasteiger partial charge in [0.05, 0.1) is 5.92 Å². The highest BCUT2D eigenvalue weighted by Gasteiger charge is 2.32. The third-order valence-corrected chi connectivity index (χ3v) is 6.08. The van der Waals surface area contributed by atoms with Crippen molar-refractivity contribution in [1.82, 2.24) is 15.5 Å². The van der Waals surface area contributed by atoms with E-state index in [1.807, 2.05) is 4.90 Å². The summed E-state index contributed by atoms with van der Waals surface area (Å²) in [6.07, 6.45) is 5.63. The van der Waals surface area contributed by atoms with E-state index in [-0.39, 0.29) is 23.7 Å². The number of halogens is 1. The van der Waals surface area contributed by atoms with E-state index in [1.54, 1.807) is 19.2 Å². The Labute approximate surface area is 177 Å². The second kappa shape index (κ2) is 10.4. The fourth-order valence-electron chi connectivity index (χ4n) is 4.30. The summed E-state index contributed by atoms with van der Waals surface area (Å²) in [5.41, 5.74) is 6.41. The van der Waals surface area contributed by atoms with Gasteiger partial charge >= 0.3 is 0 Å². The lowest BCUT2D eigenvalue weighted by molar-refractivity contribution is -0.134. The number of carbonyl (C=O) groups excluding carboxylic acids is 2. The minimum atomic E-state index is -0.446. The van der Waals surface area contributed by atoms with Crippen LogP contribution in [0.15, 0.2) is 29.3 Å². The molecule has 1 aliphatic carbocycles. The van der Waals surface area contributed by atoms with Crippen LogP contribution in [0.4, 0.5) is 4.39 Å². The van der Waals surface area contributed by atoms with Gasteiger partial charge in [0.1, 0.15) is 5.82 Å². The molecule has 8 heteroatoms. The Kier molecular flexibility index (Phi) is 7.65. The summed E-state index contributed by atoms with van der Waals surface area (Å²) in [5, 5.41) is 6.52. The first kappa shape index (κ1) is 22.1. The molecule has 1 aromatic rings. The molecule has 1 aromatic carbocycles. The van der Waals surface area contributed by atoms with Crippen molar-refractivity contribution >= 4 is 17.8 Å². The zero-order valence-corrected chi connectivity index (χ0v) is 17.6. The van der Waals surface area contributed by atoms with Crippen molar-refractivity contribution in [3.05, 3.63) is 35.6 Å². The van der Waals surface area contributed by atoms with Gasteiger partial charge in [-0.15, -0.1) is 0 Å². The molecular formula is C22H32FN5O2. The predicted octanol–water partition coefficient (Wildman–Crippen LogP) is 1.43. The molecule has 2 unspecified atom stereocenters. The molecule has 7 nitrogen and oxygen atoms in total. The topological polar surface area (TPSA) is 99.8 Å². The molecule has 0 aromatic heterocycles. The number of rotatable bonds is 7. The number of hydrogen-bond acceptors (Lipinski definition) is 3. The normalized spacial score (nSPS) is 20.9. The van der Waals surface area contributed by atoms with Gasteiger partial charge < -0.3 is 21.3 Å². The molecule has 1 saturated carbocycles. The average Bonchev–Trinajstić information content (AvgIpc) is 3.43. The lowest BCUT2D eigenvalue weighted by atomic mass is 9.98. The Hall–Kier alpha value is -2.64. The zero-order valence-electron chi connectivity index (χ0n) is 17.6. The highest BCUT2D eigenvalue weighted by Crippen LogP contribution is 2.27. The second-order valence-electron chi connectivity index (χ2n) is 8.28. The van der Waals surface area contributed by atoms with Gasteiger partial charge in [0.25, 0.3) is 0 Å². The fraction of sp³-hybridized carbons (Fsp3) is 0.591. The van der Waals surface area contributed by atoms with Crippen LogP contribution in [0.25, 0.3) is 0 Å². The first-order valence-electron chi connectivity index (χ1n) is 10.8. The summed E-state index contributed by atoms with van der Waals surface area (Å²) in [4.78, 5) is 30.7. The first-order valence-corrected chi connectivity index (χ1v) is 10.8. The maximum absolute atomic E-state index is 13.1. The first-order chi connectivity index (χ1) is 14.5. The van der Waals surface area contributed by atoms with Crippen LogP contribution >= 0.6 is 0 Å². The number of carbonyl (C=O) groups is 2. The molecule has 0 spiro atoms. The van der Waals surface area contributed by atoms with Crippen LogP contribution in [0.3, 0.4) is 0 Å². The SMILES string of the molecule is CN=C(NCC(Cc1ccc(F)cc1)C(N)=O)NC1CCN(C(=O)C2CCCC2)C1. The molecule has 30 heavy (non-hydrogen) atoms. The summed E-state index contributed by atoms with van der Waals surface area (Å²) in [7, 11) is 1.67. The Morgan fingerprint density at radius 2 is 1.93 bits per heavy atom. The third kappa shape index (κ3) is 5.93. The van der Waals surface area contributed by atoms with Crippen molar-refractivity contribution in [2.24, 2.45) is 22.6 Å². The number of hydrogen-bond donors (Lipinski definition) is 3. The number of benzene rings is 1. The predicted molar refractivity (Wildman–Crippen MR) is 114 cm³/mol. The van der Waals surface area contributed by atoms with Gasteiger partial charge in [-0.25, -0.2) is 4.39 Å². The Morgan fingerprint density at radius 1 is 1.23 bits per heavy atom. The van der Waals surface area contributed by atoms with Gasteiger partial charge in [0, 0.05) is 38.6 Å². The van der Waals surface area contributed by atoms with Crippen molar-refractivity contribution in [2.75, 3.05) is 26.7 Å². The Morgan fingerprint density at radius 3 is 2.57 bits per heavy atom. The van der Waals surface area contributed by atoms with E-state index in [0.29, 0.717) is 25.5 Å². The highest BCUT2D eigenvalue weighted by atomic mass is 19.1. The zero-order chi connectivity index (χ0) is 21.5. The van der Waals surface area contributed by atoms with E-state index in [9.17, 15) is 14.0 Å². The molecule has 2 amide bonds. The molecule has 2 fully saturated rings. The standard InChI is InChI=1S/C22H32FN5O2/c1-25-22(26-13-17(20(24)29)12-15-6-8-18(23)9-7-15)27-19-10-11-28(14-19)21(30)16-4-2-3-5-16/h6-9,16-17,19H,2-5,10-14H2,1H3,(H2,24,29)(H2,25,26,27). The van der Waals surface area contributed by atoms with Crippen molar-refractivity contribution in [3.8, 4) is 0 Å². The largest absolute Gasteiger partial charge is 0.369 e. The minimum absolute atomic E-state index is 0.130. The van der Waals surface area contributed by atoms with Crippen molar-refractivity contribution < 1.29 is 14.0 Å². The lowest BCUT2D eigenvalue weighted by Gasteiger charge is -2.22. The molecule has 0 radical (unpaired) electrons. The summed E-state index contributed by atoms with van der Waals surface area (Å²) in [6.45, 7) is 1.76. The van der Waals surface area contributed by atoms with E-state index in [1.165, 1.54) is 12.1 Å². The average molecular weight is 418 g/mol. The molecule has 2 atom stereocenters. The number of nitrogens with one attached hydrogen (secondary N) is 2. The smallest absolute Gasteiger partial charge is 0.225 e. The number of primary amides is 1. The maximum Gasteiger partial charge on any atom is 0.225 e. The number of nitrogens with two attached hydrogens (primary N) is 1. The van der Waals surface area contributed by atoms with Crippen LogP contribution in [0.1, 0.15) is 37.7 Å². The number of amides is 2. The lowest BCUT2D eigenvalue weighted by Crippen LogP contribution is -2.47. The fourth-order valence-corrected chi connectivity index (χ4v) is 4.30. The molecular weight excluding hydrogens is 385 g/mol. The van der Waals surface area contributed by atoms with Crippen molar-refractivity contribution in [1.29, 1.82) is 0 Å². The van der Waals surface area contributed by atoms with E-state index in [4.69, 9.17) is 5.73 Å². The van der Waals surface area contributed by atoms with Crippen LogP contribution < -0.4 is 16.4 Å². The Balaban J connectivity index is 1.48. The maximum atomic E-state index is 13.1. The molecule has 0 bridgehead atoms. The Bertz CT molecular complexity index is 761.